The van der Waals surface area contributed by atoms with Crippen molar-refractivity contribution in [3.8, 4) is 66.8 Å². The molecule has 0 nitrogen and oxygen atoms in total. The van der Waals surface area contributed by atoms with Gasteiger partial charge in [-0.25, -0.2) is 0 Å². The van der Waals surface area contributed by atoms with Crippen LogP contribution >= 0.6 is 0 Å². The minimum atomic E-state index is 1.14. The quantitative estimate of drug-likeness (QED) is 0.0752. The van der Waals surface area contributed by atoms with Gasteiger partial charge in [0.1, 0.15) is 0 Å². The molecule has 20 aromatic rings. The van der Waals surface area contributed by atoms with Crippen LogP contribution in [0.5, 0.6) is 0 Å². The van der Waals surface area contributed by atoms with Gasteiger partial charge in [0.2, 0.25) is 0 Å². The van der Waals surface area contributed by atoms with Crippen LogP contribution in [0.3, 0.4) is 0 Å². The Morgan fingerprint density at radius 3 is 0.420 bits per heavy atom. The normalized spacial score (nSPS) is 11.2. The van der Waals surface area contributed by atoms with E-state index >= 15 is 0 Å². The number of benzene rings is 20. The second-order valence-electron chi connectivity index (χ2n) is 28.6. The van der Waals surface area contributed by atoms with Crippen molar-refractivity contribution in [2.75, 3.05) is 0 Å². The van der Waals surface area contributed by atoms with E-state index in [1.807, 2.05) is 0 Å². The molecule has 0 fully saturated rings. The first-order valence-corrected chi connectivity index (χ1v) is 38.7. The standard InChI is InChI=1S/C70H48.C42H28/c1-9-29-49(30-10-1)61(50-31-11-2-12-32-50)65(55-41-21-7-22-42-55)67-59-47-27-28-48-60(59)68(66(56-43-23-8-24-44-56)62(51-33-13-3-14-34-51)52-35-15-4-16-36-52)70-64(54-39-19-6-20-40-54)58-46-26-25-45-57(58)63(69(67)70)53-37-17-5-18-38-53;1-5-17-29(18-6-1)37-33-25-13-14-26-34(33)39(31-21-9-3-10-22-31)42-40(32-23-11-4-12-24-32)36-28-16-15-27-35(36)38(41(37)42)30-19-7-2-8-20-30/h1-48H;1-28H. The highest BCUT2D eigenvalue weighted by atomic mass is 14.3. The summed E-state index contributed by atoms with van der Waals surface area (Å²) >= 11 is 0. The fraction of sp³-hybridized carbons (Fsp3) is 0. The zero-order chi connectivity index (χ0) is 74.5. The van der Waals surface area contributed by atoms with E-state index in [4.69, 9.17) is 0 Å². The third-order valence-electron chi connectivity index (χ3n) is 22.1. The van der Waals surface area contributed by atoms with Gasteiger partial charge in [-0.3, -0.25) is 0 Å². The topological polar surface area (TPSA) is 0 Å². The summed E-state index contributed by atoms with van der Waals surface area (Å²) in [5.41, 5.74) is 28.7. The number of rotatable bonds is 14. The third kappa shape index (κ3) is 12.5. The van der Waals surface area contributed by atoms with Crippen molar-refractivity contribution in [3.63, 3.8) is 0 Å². The number of hydrogen-bond acceptors (Lipinski definition) is 0. The van der Waals surface area contributed by atoms with Gasteiger partial charge in [-0.15, -0.1) is 0 Å². The summed E-state index contributed by atoms with van der Waals surface area (Å²) in [6.45, 7) is 0. The minimum absolute atomic E-state index is 1.14. The molecule has 0 heteroatoms. The smallest absolute Gasteiger partial charge is 0.0000936 e. The number of fused-ring (bicyclic) bond motifs is 6. The molecule has 0 bridgehead atoms. The van der Waals surface area contributed by atoms with Crippen LogP contribution in [-0.2, 0) is 0 Å². The molecule has 0 aliphatic heterocycles. The molecule has 0 atom stereocenters. The number of hydrogen-bond donors (Lipinski definition) is 0. The zero-order valence-corrected chi connectivity index (χ0v) is 61.9. The molecule has 0 aliphatic carbocycles. The molecule has 524 valence electrons. The van der Waals surface area contributed by atoms with E-state index in [0.717, 1.165) is 44.5 Å². The predicted molar refractivity (Wildman–Crippen MR) is 479 cm³/mol. The molecule has 0 amide bonds. The molecule has 0 radical (unpaired) electrons. The fourth-order valence-corrected chi connectivity index (χ4v) is 17.6. The molecule has 0 aromatic heterocycles. The molecule has 112 heavy (non-hydrogen) atoms. The first-order chi connectivity index (χ1) is 55.7. The van der Waals surface area contributed by atoms with Crippen LogP contribution in [0.2, 0.25) is 0 Å². The summed E-state index contributed by atoms with van der Waals surface area (Å²) in [6, 6.07) is 168. The monoisotopic (exact) mass is 1420 g/mol. The minimum Gasteiger partial charge on any atom is -0.0622 e. The fourth-order valence-electron chi connectivity index (χ4n) is 17.6. The van der Waals surface area contributed by atoms with Gasteiger partial charge < -0.3 is 0 Å². The highest BCUT2D eigenvalue weighted by molar-refractivity contribution is 6.36. The van der Waals surface area contributed by atoms with Gasteiger partial charge in [-0.05, 0) is 198 Å². The van der Waals surface area contributed by atoms with Crippen molar-refractivity contribution in [1.29, 1.82) is 0 Å². The van der Waals surface area contributed by atoms with Gasteiger partial charge in [0.05, 0.1) is 0 Å². The van der Waals surface area contributed by atoms with E-state index in [0.29, 0.717) is 0 Å². The summed E-state index contributed by atoms with van der Waals surface area (Å²) in [5, 5.41) is 14.8. The van der Waals surface area contributed by atoms with Gasteiger partial charge >= 0.3 is 0 Å². The lowest BCUT2D eigenvalue weighted by Gasteiger charge is -2.29. The van der Waals surface area contributed by atoms with Gasteiger partial charge in [0, 0.05) is 0 Å². The van der Waals surface area contributed by atoms with E-state index in [1.165, 1.54) is 154 Å². The van der Waals surface area contributed by atoms with E-state index < -0.39 is 0 Å². The molecule has 0 saturated heterocycles. The van der Waals surface area contributed by atoms with Crippen molar-refractivity contribution in [3.05, 3.63) is 506 Å². The van der Waals surface area contributed by atoms with E-state index in [2.05, 4.69) is 461 Å². The average Bonchev–Trinajstić information content (AvgIpc) is 0.726. The van der Waals surface area contributed by atoms with Crippen LogP contribution in [0, 0.1) is 0 Å². The molecule has 0 aliphatic rings. The molecule has 0 N–H and O–H groups in total. The van der Waals surface area contributed by atoms with Crippen molar-refractivity contribution >= 4 is 86.9 Å². The predicted octanol–water partition coefficient (Wildman–Crippen LogP) is 30.3. The molecular formula is C112H76. The highest BCUT2D eigenvalue weighted by Gasteiger charge is 2.32. The molecule has 20 aromatic carbocycles. The Balaban J connectivity index is 0.000000171. The summed E-state index contributed by atoms with van der Waals surface area (Å²) in [7, 11) is 0. The van der Waals surface area contributed by atoms with Crippen LogP contribution in [0.4, 0.5) is 0 Å². The Morgan fingerprint density at radius 1 is 0.107 bits per heavy atom. The van der Waals surface area contributed by atoms with Gasteiger partial charge in [-0.2, -0.15) is 0 Å². The van der Waals surface area contributed by atoms with Gasteiger partial charge in [0.15, 0.2) is 0 Å². The first-order valence-electron chi connectivity index (χ1n) is 38.7. The molecule has 0 saturated carbocycles. The average molecular weight is 1420 g/mol. The Labute approximate surface area is 654 Å². The first kappa shape index (κ1) is 68.0. The second-order valence-corrected chi connectivity index (χ2v) is 28.6. The summed E-state index contributed by atoms with van der Waals surface area (Å²) < 4.78 is 0. The summed E-state index contributed by atoms with van der Waals surface area (Å²) in [6.07, 6.45) is 0. The van der Waals surface area contributed by atoms with E-state index in [9.17, 15) is 0 Å². The van der Waals surface area contributed by atoms with E-state index in [-0.39, 0.29) is 0 Å². The molecule has 0 unspecified atom stereocenters. The molecular weight excluding hydrogens is 1350 g/mol. The SMILES string of the molecule is c1ccc(-c2c3ccccc3c(-c3ccccc3)c3c(-c4ccccc4)c4ccccc4c(-c4ccccc4)c23)cc1.c1ccc(C(=C(c2ccccc2)c2c3ccccc3c(C(=C(c3ccccc3)c3ccccc3)c3ccccc3)c3c(-c4ccccc4)c4ccccc4c(-c4ccccc4)c23)c2ccccc2)cc1. The van der Waals surface area contributed by atoms with Crippen LogP contribution in [0.25, 0.3) is 154 Å². The summed E-state index contributed by atoms with van der Waals surface area (Å²) in [5.74, 6) is 0. The largest absolute Gasteiger partial charge is 0.0622 e. The molecule has 0 heterocycles. The van der Waals surface area contributed by atoms with Crippen molar-refractivity contribution in [2.45, 2.75) is 0 Å². The maximum absolute atomic E-state index is 2.38. The molecule has 20 rings (SSSR count). The lowest BCUT2D eigenvalue weighted by Crippen LogP contribution is -2.06. The Hall–Kier alpha value is -14.6. The third-order valence-corrected chi connectivity index (χ3v) is 22.1. The summed E-state index contributed by atoms with van der Waals surface area (Å²) in [4.78, 5) is 0. The van der Waals surface area contributed by atoms with Crippen molar-refractivity contribution < 1.29 is 0 Å². The van der Waals surface area contributed by atoms with E-state index in [1.54, 1.807) is 0 Å². The lowest BCUT2D eigenvalue weighted by molar-refractivity contribution is 1.51. The highest BCUT2D eigenvalue weighted by Crippen LogP contribution is 2.57. The van der Waals surface area contributed by atoms with Crippen LogP contribution in [0.15, 0.2) is 461 Å². The molecule has 0 spiro atoms. The van der Waals surface area contributed by atoms with Crippen LogP contribution in [0.1, 0.15) is 44.5 Å². The van der Waals surface area contributed by atoms with Crippen molar-refractivity contribution in [1.82, 2.24) is 0 Å². The van der Waals surface area contributed by atoms with Gasteiger partial charge in [0.25, 0.3) is 0 Å². The van der Waals surface area contributed by atoms with Gasteiger partial charge in [-0.1, -0.05) is 461 Å². The Kier molecular flexibility index (Phi) is 18.6. The maximum atomic E-state index is 2.38. The zero-order valence-electron chi connectivity index (χ0n) is 61.9. The van der Waals surface area contributed by atoms with Crippen LogP contribution < -0.4 is 0 Å². The Bertz CT molecular complexity index is 6190. The second kappa shape index (κ2) is 30.6. The lowest BCUT2D eigenvalue weighted by atomic mass is 9.73. The Morgan fingerprint density at radius 2 is 0.241 bits per heavy atom. The van der Waals surface area contributed by atoms with Crippen molar-refractivity contribution in [2.24, 2.45) is 0 Å². The van der Waals surface area contributed by atoms with Crippen LogP contribution in [-0.4, -0.2) is 0 Å². The maximum Gasteiger partial charge on any atom is -0.0000936 e.